The predicted octanol–water partition coefficient (Wildman–Crippen LogP) is 5.52. The number of Topliss-reactive ketones (excluding diaryl/α,β-unsaturated/α-hetero) is 1. The second-order valence-corrected chi connectivity index (χ2v) is 9.02. The maximum atomic E-state index is 13.7. The largest absolute Gasteiger partial charge is 0.508 e. The van der Waals surface area contributed by atoms with Crippen molar-refractivity contribution in [2.24, 2.45) is 17.8 Å². The van der Waals surface area contributed by atoms with Crippen molar-refractivity contribution in [2.45, 2.75) is 40.0 Å². The van der Waals surface area contributed by atoms with Crippen molar-refractivity contribution >= 4 is 5.78 Å². The van der Waals surface area contributed by atoms with Gasteiger partial charge in [0.05, 0.1) is 0 Å². The number of aromatic hydroxyl groups is 2. The summed E-state index contributed by atoms with van der Waals surface area (Å²) < 4.78 is 0. The van der Waals surface area contributed by atoms with Gasteiger partial charge in [0, 0.05) is 17.3 Å². The lowest BCUT2D eigenvalue weighted by atomic mass is 9.64. The minimum atomic E-state index is -0.618. The molecule has 5 nitrogen and oxygen atoms in total. The van der Waals surface area contributed by atoms with Crippen LogP contribution in [0.25, 0.3) is 11.1 Å². The van der Waals surface area contributed by atoms with E-state index in [-0.39, 0.29) is 23.0 Å². The van der Waals surface area contributed by atoms with Gasteiger partial charge in [-0.3, -0.25) is 9.59 Å². The number of phenolic OH excluding ortho intramolecular Hbond substituents is 1. The van der Waals surface area contributed by atoms with Gasteiger partial charge in [-0.1, -0.05) is 49.3 Å². The normalized spacial score (nSPS) is 23.2. The molecule has 1 aromatic carbocycles. The minimum Gasteiger partial charge on any atom is -0.508 e. The number of fused-ring (bicyclic) bond motifs is 1. The molecule has 0 saturated heterocycles. The van der Waals surface area contributed by atoms with Crippen molar-refractivity contribution in [1.82, 2.24) is 4.98 Å². The number of pyridine rings is 1. The van der Waals surface area contributed by atoms with E-state index in [0.717, 1.165) is 24.0 Å². The summed E-state index contributed by atoms with van der Waals surface area (Å²) in [5.41, 5.74) is 2.65. The molecule has 0 unspecified atom stereocenters. The van der Waals surface area contributed by atoms with Crippen LogP contribution in [-0.2, 0) is 0 Å². The van der Waals surface area contributed by atoms with Gasteiger partial charge in [0.25, 0.3) is 5.56 Å². The second kappa shape index (κ2) is 8.65. The molecule has 3 atom stereocenters. The van der Waals surface area contributed by atoms with E-state index >= 15 is 0 Å². The third-order valence-corrected chi connectivity index (χ3v) is 6.84. The Balaban J connectivity index is 1.86. The standard InChI is InChI=1S/C27H29NO4/c1-4-5-20-21-12-15(2)6-11-19(21)16(3)13-22(20)25(30)24-26(31)23(14-28-27(24)32)17-7-9-18(29)10-8-17/h4-5,7-10,13-15,19,21,29H,6,11-12H2,1-3H3,(H2,28,31,32)/b5-4+/t15-,19+,21-/m0/s1. The minimum absolute atomic E-state index is 0.0918. The van der Waals surface area contributed by atoms with E-state index in [4.69, 9.17) is 0 Å². The maximum Gasteiger partial charge on any atom is 0.263 e. The molecule has 0 aliphatic heterocycles. The van der Waals surface area contributed by atoms with Crippen molar-refractivity contribution in [3.63, 3.8) is 0 Å². The molecule has 2 aliphatic carbocycles. The Morgan fingerprint density at radius 1 is 1.12 bits per heavy atom. The monoisotopic (exact) mass is 431 g/mol. The number of benzene rings is 1. The Morgan fingerprint density at radius 2 is 1.84 bits per heavy atom. The van der Waals surface area contributed by atoms with Gasteiger partial charge in [0.2, 0.25) is 5.78 Å². The number of rotatable bonds is 4. The number of ketones is 1. The van der Waals surface area contributed by atoms with E-state index < -0.39 is 11.3 Å². The van der Waals surface area contributed by atoms with Gasteiger partial charge in [0.15, 0.2) is 0 Å². The summed E-state index contributed by atoms with van der Waals surface area (Å²) in [6, 6.07) is 6.23. The molecule has 2 aromatic rings. The summed E-state index contributed by atoms with van der Waals surface area (Å²) in [7, 11) is 0. The summed E-state index contributed by atoms with van der Waals surface area (Å²) in [5.74, 6) is 0.502. The number of nitrogens with one attached hydrogen (secondary N) is 1. The zero-order chi connectivity index (χ0) is 23.0. The van der Waals surface area contributed by atoms with E-state index in [2.05, 4.69) is 18.8 Å². The lowest BCUT2D eigenvalue weighted by Gasteiger charge is -2.40. The van der Waals surface area contributed by atoms with Crippen molar-refractivity contribution in [1.29, 1.82) is 0 Å². The molecule has 1 aromatic heterocycles. The number of carbonyl (C=O) groups excluding carboxylic acids is 1. The van der Waals surface area contributed by atoms with Gasteiger partial charge >= 0.3 is 0 Å². The van der Waals surface area contributed by atoms with Crippen LogP contribution < -0.4 is 5.56 Å². The van der Waals surface area contributed by atoms with Crippen LogP contribution in [0, 0.1) is 17.8 Å². The van der Waals surface area contributed by atoms with Gasteiger partial charge in [-0.15, -0.1) is 0 Å². The highest BCUT2D eigenvalue weighted by Gasteiger charge is 2.37. The first-order valence-corrected chi connectivity index (χ1v) is 11.2. The smallest absolute Gasteiger partial charge is 0.263 e. The Labute approximate surface area is 187 Å². The highest BCUT2D eigenvalue weighted by molar-refractivity contribution is 6.13. The van der Waals surface area contributed by atoms with Crippen molar-refractivity contribution < 1.29 is 15.0 Å². The summed E-state index contributed by atoms with van der Waals surface area (Å²) in [6.45, 7) is 6.23. The Hall–Kier alpha value is -3.34. The van der Waals surface area contributed by atoms with Crippen molar-refractivity contribution in [3.05, 3.63) is 81.3 Å². The molecule has 5 heteroatoms. The molecule has 1 fully saturated rings. The summed E-state index contributed by atoms with van der Waals surface area (Å²) >= 11 is 0. The van der Waals surface area contributed by atoms with Gasteiger partial charge in [-0.25, -0.2) is 0 Å². The number of phenols is 1. The van der Waals surface area contributed by atoms with Crippen LogP contribution in [0.4, 0.5) is 0 Å². The predicted molar refractivity (Wildman–Crippen MR) is 126 cm³/mol. The maximum absolute atomic E-state index is 13.7. The zero-order valence-corrected chi connectivity index (χ0v) is 18.7. The molecule has 166 valence electrons. The molecule has 2 aliphatic rings. The average molecular weight is 432 g/mol. The number of H-pyrrole nitrogens is 1. The van der Waals surface area contributed by atoms with Crippen LogP contribution in [0.15, 0.2) is 70.2 Å². The molecule has 32 heavy (non-hydrogen) atoms. The highest BCUT2D eigenvalue weighted by Crippen LogP contribution is 2.47. The van der Waals surface area contributed by atoms with Gasteiger partial charge < -0.3 is 15.2 Å². The van der Waals surface area contributed by atoms with E-state index in [1.807, 2.05) is 25.2 Å². The Morgan fingerprint density at radius 3 is 2.53 bits per heavy atom. The SMILES string of the molecule is C/C=C/C1=C(C(=O)c2c(O)c(-c3ccc(O)cc3)c[nH]c2=O)C=C(C)[C@H]2CC[C@H](C)C[C@H]12. The lowest BCUT2D eigenvalue weighted by molar-refractivity contribution is 0.102. The molecule has 1 heterocycles. The van der Waals surface area contributed by atoms with E-state index in [1.165, 1.54) is 24.8 Å². The molecule has 0 radical (unpaired) electrons. The topological polar surface area (TPSA) is 90.4 Å². The highest BCUT2D eigenvalue weighted by atomic mass is 16.3. The zero-order valence-electron chi connectivity index (χ0n) is 18.7. The van der Waals surface area contributed by atoms with Crippen LogP contribution >= 0.6 is 0 Å². The molecule has 4 rings (SSSR count). The van der Waals surface area contributed by atoms with E-state index in [9.17, 15) is 19.8 Å². The Bertz CT molecular complexity index is 1200. The van der Waals surface area contributed by atoms with Crippen LogP contribution in [0.1, 0.15) is 50.4 Å². The molecular weight excluding hydrogens is 402 g/mol. The molecule has 0 bridgehead atoms. The van der Waals surface area contributed by atoms with Crippen LogP contribution in [0.5, 0.6) is 11.5 Å². The van der Waals surface area contributed by atoms with Crippen LogP contribution in [-0.4, -0.2) is 21.0 Å². The fourth-order valence-corrected chi connectivity index (χ4v) is 5.20. The summed E-state index contributed by atoms with van der Waals surface area (Å²) in [4.78, 5) is 29.0. The molecule has 3 N–H and O–H groups in total. The number of allylic oxidation sites excluding steroid dienone is 6. The number of hydrogen-bond acceptors (Lipinski definition) is 4. The van der Waals surface area contributed by atoms with Gasteiger partial charge in [0.1, 0.15) is 17.1 Å². The van der Waals surface area contributed by atoms with Crippen LogP contribution in [0.3, 0.4) is 0 Å². The fourth-order valence-electron chi connectivity index (χ4n) is 5.20. The first kappa shape index (κ1) is 21.9. The third-order valence-electron chi connectivity index (χ3n) is 6.84. The van der Waals surface area contributed by atoms with Crippen LogP contribution in [0.2, 0.25) is 0 Å². The molecule has 0 amide bonds. The first-order chi connectivity index (χ1) is 15.3. The number of carbonyl (C=O) groups is 1. The van der Waals surface area contributed by atoms with Gasteiger partial charge in [-0.2, -0.15) is 0 Å². The Kier molecular flexibility index (Phi) is 5.92. The molecule has 1 saturated carbocycles. The van der Waals surface area contributed by atoms with E-state index in [0.29, 0.717) is 28.5 Å². The van der Waals surface area contributed by atoms with Crippen molar-refractivity contribution in [2.75, 3.05) is 0 Å². The average Bonchev–Trinajstić information content (AvgIpc) is 2.76. The lowest BCUT2D eigenvalue weighted by Crippen LogP contribution is -2.31. The summed E-state index contributed by atoms with van der Waals surface area (Å²) in [6.07, 6.45) is 10.5. The number of hydrogen-bond donors (Lipinski definition) is 3. The second-order valence-electron chi connectivity index (χ2n) is 9.02. The number of aromatic amines is 1. The third kappa shape index (κ3) is 3.83. The molecular formula is C27H29NO4. The fraction of sp³-hybridized carbons (Fsp3) is 0.333. The number of aromatic nitrogens is 1. The van der Waals surface area contributed by atoms with Crippen molar-refractivity contribution in [3.8, 4) is 22.6 Å². The van der Waals surface area contributed by atoms with E-state index in [1.54, 1.807) is 12.1 Å². The summed E-state index contributed by atoms with van der Waals surface area (Å²) in [5, 5.41) is 20.5. The van der Waals surface area contributed by atoms with Gasteiger partial charge in [-0.05, 0) is 67.7 Å². The first-order valence-electron chi connectivity index (χ1n) is 11.2. The quantitative estimate of drug-likeness (QED) is 0.556. The molecule has 0 spiro atoms.